The summed E-state index contributed by atoms with van der Waals surface area (Å²) >= 11 is 1.31. The van der Waals surface area contributed by atoms with Crippen LogP contribution in [0.25, 0.3) is 11.3 Å². The van der Waals surface area contributed by atoms with Crippen LogP contribution in [-0.4, -0.2) is 39.8 Å². The van der Waals surface area contributed by atoms with E-state index < -0.39 is 17.5 Å². The lowest BCUT2D eigenvalue weighted by Gasteiger charge is -2.20. The fourth-order valence-electron chi connectivity index (χ4n) is 3.47. The molecule has 0 unspecified atom stereocenters. The maximum Gasteiger partial charge on any atom is 0.325 e. The van der Waals surface area contributed by atoms with Crippen molar-refractivity contribution < 1.29 is 14.4 Å². The van der Waals surface area contributed by atoms with Crippen LogP contribution >= 0.6 is 11.3 Å². The zero-order valence-electron chi connectivity index (χ0n) is 15.8. The van der Waals surface area contributed by atoms with Crippen LogP contribution in [0.15, 0.2) is 29.6 Å². The minimum atomic E-state index is -0.879. The molecule has 2 aromatic rings. The standard InChI is InChI=1S/C20H22N4O3S/c1-3-12-4-6-13(7-5-12)15-11-28-18(21-15)22-16(25)10-24-17(26)20(2,14-8-9-14)23-19(24)27/h4-7,11,14H,3,8-10H2,1-2H3,(H,23,27)(H,21,22,25)/t20-/m1/s1. The predicted octanol–water partition coefficient (Wildman–Crippen LogP) is 3.03. The number of amides is 4. The molecule has 0 radical (unpaired) electrons. The monoisotopic (exact) mass is 398 g/mol. The minimum Gasteiger partial charge on any atom is -0.323 e. The van der Waals surface area contributed by atoms with Crippen molar-refractivity contribution >= 4 is 34.3 Å². The lowest BCUT2D eigenvalue weighted by Crippen LogP contribution is -2.46. The van der Waals surface area contributed by atoms with Crippen LogP contribution in [0.1, 0.15) is 32.3 Å². The van der Waals surface area contributed by atoms with E-state index in [2.05, 4.69) is 34.7 Å². The number of nitrogens with zero attached hydrogens (tertiary/aromatic N) is 2. The molecule has 0 spiro atoms. The number of hydrogen-bond acceptors (Lipinski definition) is 5. The Morgan fingerprint density at radius 2 is 2.04 bits per heavy atom. The van der Waals surface area contributed by atoms with Crippen LogP contribution < -0.4 is 10.6 Å². The molecule has 8 heteroatoms. The van der Waals surface area contributed by atoms with Gasteiger partial charge in [0.1, 0.15) is 12.1 Å². The smallest absolute Gasteiger partial charge is 0.323 e. The maximum absolute atomic E-state index is 12.6. The van der Waals surface area contributed by atoms with Crippen LogP contribution in [0.4, 0.5) is 9.93 Å². The summed E-state index contributed by atoms with van der Waals surface area (Å²) < 4.78 is 0. The molecule has 4 rings (SSSR count). The first-order valence-electron chi connectivity index (χ1n) is 9.39. The van der Waals surface area contributed by atoms with Gasteiger partial charge in [-0.15, -0.1) is 11.3 Å². The van der Waals surface area contributed by atoms with E-state index in [1.807, 2.05) is 17.5 Å². The molecule has 4 amide bonds. The van der Waals surface area contributed by atoms with Crippen molar-refractivity contribution in [1.29, 1.82) is 0 Å². The highest BCUT2D eigenvalue weighted by atomic mass is 32.1. The van der Waals surface area contributed by atoms with Gasteiger partial charge in [0.2, 0.25) is 5.91 Å². The molecule has 2 heterocycles. The van der Waals surface area contributed by atoms with E-state index >= 15 is 0 Å². The molecular weight excluding hydrogens is 376 g/mol. The lowest BCUT2D eigenvalue weighted by molar-refractivity contribution is -0.134. The number of imide groups is 1. The SMILES string of the molecule is CCc1ccc(-c2csc(NC(=O)CN3C(=O)N[C@](C)(C4CC4)C3=O)n2)cc1. The summed E-state index contributed by atoms with van der Waals surface area (Å²) in [4.78, 5) is 42.6. The molecule has 1 aromatic carbocycles. The Balaban J connectivity index is 1.39. The van der Waals surface area contributed by atoms with Gasteiger partial charge in [-0.05, 0) is 37.7 Å². The topological polar surface area (TPSA) is 91.4 Å². The number of carbonyl (C=O) groups excluding carboxylic acids is 3. The van der Waals surface area contributed by atoms with Gasteiger partial charge in [-0.25, -0.2) is 9.78 Å². The van der Waals surface area contributed by atoms with Crippen LogP contribution in [0, 0.1) is 5.92 Å². The van der Waals surface area contributed by atoms with Gasteiger partial charge in [-0.3, -0.25) is 14.5 Å². The van der Waals surface area contributed by atoms with E-state index in [1.165, 1.54) is 16.9 Å². The number of benzene rings is 1. The summed E-state index contributed by atoms with van der Waals surface area (Å²) in [5, 5.41) is 7.74. The molecule has 1 atom stereocenters. The van der Waals surface area contributed by atoms with Crippen molar-refractivity contribution in [2.45, 2.75) is 38.6 Å². The quantitative estimate of drug-likeness (QED) is 0.732. The molecule has 1 aromatic heterocycles. The summed E-state index contributed by atoms with van der Waals surface area (Å²) in [6.45, 7) is 3.52. The average Bonchev–Trinajstić information content (AvgIpc) is 3.41. The van der Waals surface area contributed by atoms with Gasteiger partial charge < -0.3 is 10.6 Å². The number of carbonyl (C=O) groups is 3. The maximum atomic E-state index is 12.6. The van der Waals surface area contributed by atoms with Crippen molar-refractivity contribution in [1.82, 2.24) is 15.2 Å². The molecule has 146 valence electrons. The molecule has 1 aliphatic heterocycles. The van der Waals surface area contributed by atoms with Gasteiger partial charge in [0.05, 0.1) is 5.69 Å². The Hall–Kier alpha value is -2.74. The molecule has 0 bridgehead atoms. The second-order valence-corrected chi connectivity index (χ2v) is 8.29. The number of aromatic nitrogens is 1. The van der Waals surface area contributed by atoms with E-state index in [0.29, 0.717) is 5.13 Å². The van der Waals surface area contributed by atoms with E-state index in [-0.39, 0.29) is 18.4 Å². The first-order valence-corrected chi connectivity index (χ1v) is 10.3. The van der Waals surface area contributed by atoms with Crippen molar-refractivity contribution in [2.24, 2.45) is 5.92 Å². The largest absolute Gasteiger partial charge is 0.325 e. The third-order valence-electron chi connectivity index (χ3n) is 5.41. The van der Waals surface area contributed by atoms with E-state index in [1.54, 1.807) is 6.92 Å². The first-order chi connectivity index (χ1) is 13.4. The number of rotatable bonds is 6. The van der Waals surface area contributed by atoms with Gasteiger partial charge >= 0.3 is 6.03 Å². The summed E-state index contributed by atoms with van der Waals surface area (Å²) in [5.74, 6) is -0.602. The highest BCUT2D eigenvalue weighted by Gasteiger charge is 2.56. The van der Waals surface area contributed by atoms with Crippen LogP contribution in [0.2, 0.25) is 0 Å². The average molecular weight is 398 g/mol. The van der Waals surface area contributed by atoms with Crippen molar-refractivity contribution in [3.05, 3.63) is 35.2 Å². The fraction of sp³-hybridized carbons (Fsp3) is 0.400. The third kappa shape index (κ3) is 3.40. The van der Waals surface area contributed by atoms with Crippen LogP contribution in [-0.2, 0) is 16.0 Å². The van der Waals surface area contributed by atoms with Crippen molar-refractivity contribution in [2.75, 3.05) is 11.9 Å². The molecule has 28 heavy (non-hydrogen) atoms. The Labute approximate surface area is 167 Å². The number of thiazole rings is 1. The normalized spacial score (nSPS) is 21.7. The number of aryl methyl sites for hydroxylation is 1. The van der Waals surface area contributed by atoms with Gasteiger partial charge in [0, 0.05) is 10.9 Å². The van der Waals surface area contributed by atoms with Crippen molar-refractivity contribution in [3.8, 4) is 11.3 Å². The second kappa shape index (κ2) is 7.01. The highest BCUT2D eigenvalue weighted by Crippen LogP contribution is 2.42. The molecule has 7 nitrogen and oxygen atoms in total. The van der Waals surface area contributed by atoms with Gasteiger partial charge in [0.25, 0.3) is 5.91 Å². The second-order valence-electron chi connectivity index (χ2n) is 7.43. The molecule has 2 N–H and O–H groups in total. The Kier molecular flexibility index (Phi) is 4.66. The number of urea groups is 1. The Morgan fingerprint density at radius 3 is 2.68 bits per heavy atom. The van der Waals surface area contributed by atoms with E-state index in [0.717, 1.165) is 35.4 Å². The molecule has 1 saturated heterocycles. The van der Waals surface area contributed by atoms with E-state index in [9.17, 15) is 14.4 Å². The van der Waals surface area contributed by atoms with Gasteiger partial charge in [-0.2, -0.15) is 0 Å². The van der Waals surface area contributed by atoms with Crippen molar-refractivity contribution in [3.63, 3.8) is 0 Å². The number of nitrogens with one attached hydrogen (secondary N) is 2. The summed E-state index contributed by atoms with van der Waals surface area (Å²) in [6, 6.07) is 7.62. The molecule has 1 saturated carbocycles. The number of anilines is 1. The summed E-state index contributed by atoms with van der Waals surface area (Å²) in [7, 11) is 0. The van der Waals surface area contributed by atoms with Crippen LogP contribution in [0.5, 0.6) is 0 Å². The third-order valence-corrected chi connectivity index (χ3v) is 6.16. The molecule has 2 fully saturated rings. The molecule has 2 aliphatic rings. The van der Waals surface area contributed by atoms with E-state index in [4.69, 9.17) is 0 Å². The fourth-order valence-corrected chi connectivity index (χ4v) is 4.21. The zero-order valence-corrected chi connectivity index (χ0v) is 16.6. The summed E-state index contributed by atoms with van der Waals surface area (Å²) in [5.41, 5.74) is 2.12. The Morgan fingerprint density at radius 1 is 1.32 bits per heavy atom. The number of hydrogen-bond donors (Lipinski definition) is 2. The highest BCUT2D eigenvalue weighted by molar-refractivity contribution is 7.14. The van der Waals surface area contributed by atoms with Gasteiger partial charge in [-0.1, -0.05) is 31.2 Å². The Bertz CT molecular complexity index is 935. The lowest BCUT2D eigenvalue weighted by atomic mass is 9.96. The molecular formula is C20H22N4O3S. The zero-order chi connectivity index (χ0) is 19.9. The predicted molar refractivity (Wildman–Crippen MR) is 107 cm³/mol. The molecule has 1 aliphatic carbocycles. The first kappa shape index (κ1) is 18.6. The minimum absolute atomic E-state index is 0.164. The van der Waals surface area contributed by atoms with Gasteiger partial charge in [0.15, 0.2) is 5.13 Å². The summed E-state index contributed by atoms with van der Waals surface area (Å²) in [6.07, 6.45) is 2.81. The van der Waals surface area contributed by atoms with Crippen LogP contribution in [0.3, 0.4) is 0 Å².